The summed E-state index contributed by atoms with van der Waals surface area (Å²) in [6.45, 7) is 4.26. The number of benzene rings is 4. The van der Waals surface area contributed by atoms with Gasteiger partial charge in [-0.2, -0.15) is 0 Å². The van der Waals surface area contributed by atoms with Gasteiger partial charge in [-0.1, -0.05) is 91.9 Å². The molecular weight excluding hydrogens is 788 g/mol. The molecule has 3 N–H and O–H groups in total. The average molecular weight is 835 g/mol. The minimum Gasteiger partial charge on any atom is -0.449 e. The SMILES string of the molecule is CCC(=S)NC[C@H]1CN(c2ccc(N3CCN(C(=O)CCC(=O)c4ccc(CNC(=O)CNC(=O)OCC5c6ccccc6-c6ccccc65)cc4)CC3)c(F)c2)C(=O)O1. The Morgan fingerprint density at radius 1 is 0.850 bits per heavy atom. The van der Waals surface area contributed by atoms with Crippen LogP contribution < -0.4 is 25.8 Å². The second kappa shape index (κ2) is 19.1. The molecule has 1 aliphatic carbocycles. The van der Waals surface area contributed by atoms with E-state index in [4.69, 9.17) is 21.7 Å². The smallest absolute Gasteiger partial charge is 0.414 e. The molecule has 4 aromatic rings. The highest BCUT2D eigenvalue weighted by Gasteiger charge is 2.33. The van der Waals surface area contributed by atoms with Crippen LogP contribution in [0.3, 0.4) is 0 Å². The van der Waals surface area contributed by atoms with Crippen LogP contribution >= 0.6 is 12.2 Å². The first-order valence-corrected chi connectivity index (χ1v) is 20.5. The highest BCUT2D eigenvalue weighted by molar-refractivity contribution is 7.80. The number of thiocarbonyl (C=S) groups is 1. The van der Waals surface area contributed by atoms with Crippen molar-refractivity contribution in [2.45, 2.75) is 44.8 Å². The molecule has 3 aliphatic rings. The van der Waals surface area contributed by atoms with Gasteiger partial charge in [-0.05, 0) is 52.4 Å². The minimum atomic E-state index is -0.682. The molecule has 1 atom stereocenters. The van der Waals surface area contributed by atoms with Crippen molar-refractivity contribution in [3.05, 3.63) is 119 Å². The number of alkyl carbamates (subject to hydrolysis) is 1. The minimum absolute atomic E-state index is 0.0356. The fourth-order valence-electron chi connectivity index (χ4n) is 7.70. The van der Waals surface area contributed by atoms with Crippen molar-refractivity contribution in [2.24, 2.45) is 0 Å². The molecule has 0 aromatic heterocycles. The Balaban J connectivity index is 0.787. The Labute approximate surface area is 353 Å². The molecule has 2 fully saturated rings. The number of fused-ring (bicyclic) bond motifs is 3. The lowest BCUT2D eigenvalue weighted by Crippen LogP contribution is -2.49. The van der Waals surface area contributed by atoms with Gasteiger partial charge in [0, 0.05) is 57.0 Å². The van der Waals surface area contributed by atoms with Crippen LogP contribution in [0.25, 0.3) is 11.1 Å². The average Bonchev–Trinajstić information content (AvgIpc) is 3.81. The zero-order chi connectivity index (χ0) is 42.2. The molecule has 60 heavy (non-hydrogen) atoms. The summed E-state index contributed by atoms with van der Waals surface area (Å²) in [5.74, 6) is -1.29. The fraction of sp³-hybridized carbons (Fsp3) is 0.333. The molecule has 312 valence electrons. The van der Waals surface area contributed by atoms with Crippen LogP contribution in [0.1, 0.15) is 59.2 Å². The number of nitrogens with zero attached hydrogens (tertiary/aromatic N) is 3. The van der Waals surface area contributed by atoms with Crippen LogP contribution in [-0.2, 0) is 25.6 Å². The summed E-state index contributed by atoms with van der Waals surface area (Å²) in [4.78, 5) is 69.0. The number of nitrogens with one attached hydrogen (secondary N) is 3. The molecule has 2 heterocycles. The number of ketones is 1. The maximum Gasteiger partial charge on any atom is 0.414 e. The molecule has 2 aliphatic heterocycles. The van der Waals surface area contributed by atoms with Crippen molar-refractivity contribution in [1.82, 2.24) is 20.9 Å². The van der Waals surface area contributed by atoms with Crippen molar-refractivity contribution in [2.75, 3.05) is 62.2 Å². The number of ether oxygens (including phenoxy) is 2. The lowest BCUT2D eigenvalue weighted by atomic mass is 9.98. The van der Waals surface area contributed by atoms with Gasteiger partial charge in [0.05, 0.1) is 29.5 Å². The molecule has 4 aromatic carbocycles. The zero-order valence-corrected chi connectivity index (χ0v) is 34.1. The molecule has 13 nitrogen and oxygen atoms in total. The third kappa shape index (κ3) is 9.91. The number of carbonyl (C=O) groups excluding carboxylic acids is 5. The topological polar surface area (TPSA) is 150 Å². The quantitative estimate of drug-likeness (QED) is 0.0971. The van der Waals surface area contributed by atoms with E-state index in [1.165, 1.54) is 11.0 Å². The van der Waals surface area contributed by atoms with E-state index in [9.17, 15) is 24.0 Å². The van der Waals surface area contributed by atoms with Crippen LogP contribution in [0, 0.1) is 5.82 Å². The van der Waals surface area contributed by atoms with Gasteiger partial charge in [0.25, 0.3) is 0 Å². The molecule has 0 unspecified atom stereocenters. The molecule has 0 bridgehead atoms. The van der Waals surface area contributed by atoms with E-state index < -0.39 is 30.0 Å². The fourth-order valence-corrected chi connectivity index (χ4v) is 7.79. The van der Waals surface area contributed by atoms with E-state index in [0.29, 0.717) is 61.1 Å². The first-order chi connectivity index (χ1) is 29.1. The number of amides is 4. The predicted octanol–water partition coefficient (Wildman–Crippen LogP) is 5.94. The Hall–Kier alpha value is -6.35. The number of hydrogen-bond acceptors (Lipinski definition) is 9. The monoisotopic (exact) mass is 834 g/mol. The summed E-state index contributed by atoms with van der Waals surface area (Å²) in [6.07, 6.45) is -0.857. The van der Waals surface area contributed by atoms with Crippen molar-refractivity contribution < 1.29 is 37.8 Å². The summed E-state index contributed by atoms with van der Waals surface area (Å²) in [5, 5.41) is 8.33. The van der Waals surface area contributed by atoms with Gasteiger partial charge in [0.15, 0.2) is 5.78 Å². The van der Waals surface area contributed by atoms with Gasteiger partial charge in [-0.15, -0.1) is 0 Å². The van der Waals surface area contributed by atoms with Crippen LogP contribution in [0.2, 0.25) is 0 Å². The van der Waals surface area contributed by atoms with Gasteiger partial charge in [0.2, 0.25) is 11.8 Å². The number of halogens is 1. The Morgan fingerprint density at radius 3 is 2.20 bits per heavy atom. The van der Waals surface area contributed by atoms with E-state index in [0.717, 1.165) is 27.8 Å². The number of cyclic esters (lactones) is 1. The summed E-state index contributed by atoms with van der Waals surface area (Å²) in [7, 11) is 0. The molecule has 15 heteroatoms. The lowest BCUT2D eigenvalue weighted by molar-refractivity contribution is -0.131. The van der Waals surface area contributed by atoms with Crippen molar-refractivity contribution in [3.63, 3.8) is 0 Å². The van der Waals surface area contributed by atoms with Crippen molar-refractivity contribution in [1.29, 1.82) is 0 Å². The van der Waals surface area contributed by atoms with E-state index in [1.54, 1.807) is 41.3 Å². The van der Waals surface area contributed by atoms with Crippen LogP contribution in [0.15, 0.2) is 91.0 Å². The molecular formula is C45H47FN6O7S. The second-order valence-electron chi connectivity index (χ2n) is 14.9. The summed E-state index contributed by atoms with van der Waals surface area (Å²) >= 11 is 5.17. The molecule has 0 spiro atoms. The molecule has 0 saturated carbocycles. The summed E-state index contributed by atoms with van der Waals surface area (Å²) in [5.41, 5.74) is 6.45. The third-order valence-electron chi connectivity index (χ3n) is 11.0. The number of piperazine rings is 1. The predicted molar refractivity (Wildman–Crippen MR) is 229 cm³/mol. The molecule has 4 amide bonds. The number of Topliss-reactive ketones (excluding diaryl/α,β-unsaturated/α-hetero) is 1. The molecule has 0 radical (unpaired) electrons. The number of rotatable bonds is 15. The first kappa shape index (κ1) is 41.8. The third-order valence-corrected chi connectivity index (χ3v) is 11.4. The maximum atomic E-state index is 15.3. The van der Waals surface area contributed by atoms with E-state index >= 15 is 4.39 Å². The largest absolute Gasteiger partial charge is 0.449 e. The molecule has 7 rings (SSSR count). The van der Waals surface area contributed by atoms with Crippen LogP contribution in [-0.4, -0.2) is 98.2 Å². The second-order valence-corrected chi connectivity index (χ2v) is 15.3. The van der Waals surface area contributed by atoms with Gasteiger partial charge in [0.1, 0.15) is 25.1 Å². The summed E-state index contributed by atoms with van der Waals surface area (Å²) < 4.78 is 26.2. The van der Waals surface area contributed by atoms with E-state index in [1.807, 2.05) is 48.2 Å². The highest BCUT2D eigenvalue weighted by Crippen LogP contribution is 2.44. The highest BCUT2D eigenvalue weighted by atomic mass is 32.1. The van der Waals surface area contributed by atoms with Gasteiger partial charge in [-0.3, -0.25) is 19.3 Å². The Bertz CT molecular complexity index is 2220. The Morgan fingerprint density at radius 2 is 1.53 bits per heavy atom. The Kier molecular flexibility index (Phi) is 13.3. The maximum absolute atomic E-state index is 15.3. The van der Waals surface area contributed by atoms with Crippen molar-refractivity contribution >= 4 is 58.4 Å². The first-order valence-electron chi connectivity index (χ1n) is 20.1. The van der Waals surface area contributed by atoms with Gasteiger partial charge < -0.3 is 35.2 Å². The van der Waals surface area contributed by atoms with Crippen LogP contribution in [0.5, 0.6) is 0 Å². The van der Waals surface area contributed by atoms with E-state index in [-0.39, 0.29) is 56.7 Å². The zero-order valence-electron chi connectivity index (χ0n) is 33.3. The standard InChI is InChI=1S/C45H47FN6O7S/c1-2-42(60)48-25-32-27-52(45(57)59-32)31-15-16-39(38(46)23-31)50-19-21-51(22-20-50)43(55)18-17-40(53)30-13-11-29(12-14-30)24-47-41(54)26-49-44(56)58-28-37-35-9-5-3-7-33(35)34-8-4-6-10-36(34)37/h3-16,23,32,37H,2,17-22,24-28H2,1H3,(H,47,54)(H,48,60)(H,49,56)/t32-/m0/s1. The van der Waals surface area contributed by atoms with Gasteiger partial charge in [-0.25, -0.2) is 14.0 Å². The number of hydrogen-bond donors (Lipinski definition) is 3. The normalized spacial score (nSPS) is 15.8. The number of anilines is 2. The molecule has 2 saturated heterocycles. The van der Waals surface area contributed by atoms with Gasteiger partial charge >= 0.3 is 12.2 Å². The van der Waals surface area contributed by atoms with E-state index in [2.05, 4.69) is 28.1 Å². The van der Waals surface area contributed by atoms with Crippen LogP contribution in [0.4, 0.5) is 25.4 Å². The van der Waals surface area contributed by atoms with Crippen molar-refractivity contribution in [3.8, 4) is 11.1 Å². The summed E-state index contributed by atoms with van der Waals surface area (Å²) in [6, 6.07) is 27.5. The lowest BCUT2D eigenvalue weighted by Gasteiger charge is -2.36. The number of carbonyl (C=O) groups is 5.